The van der Waals surface area contributed by atoms with Crippen molar-refractivity contribution in [2.24, 2.45) is 0 Å². The first-order valence-corrected chi connectivity index (χ1v) is 11.4. The first-order chi connectivity index (χ1) is 14.3. The summed E-state index contributed by atoms with van der Waals surface area (Å²) in [5, 5.41) is 2.87. The number of carbonyl (C=O) groups excluding carboxylic acids is 1. The Labute approximate surface area is 178 Å². The van der Waals surface area contributed by atoms with Crippen molar-refractivity contribution in [3.8, 4) is 0 Å². The summed E-state index contributed by atoms with van der Waals surface area (Å²) in [6, 6.07) is 24.2. The fourth-order valence-electron chi connectivity index (χ4n) is 3.16. The largest absolute Gasteiger partial charge is 0.369 e. The maximum atomic E-state index is 12.5. The summed E-state index contributed by atoms with van der Waals surface area (Å²) in [7, 11) is -1.54. The number of sulfone groups is 1. The highest BCUT2D eigenvalue weighted by Crippen LogP contribution is 2.26. The van der Waals surface area contributed by atoms with E-state index >= 15 is 0 Å². The Hall–Kier alpha value is -3.12. The normalized spacial score (nSPS) is 11.1. The number of para-hydroxylation sites is 2. The number of anilines is 2. The summed E-state index contributed by atoms with van der Waals surface area (Å²) in [6.07, 6.45) is -0.104. The molecule has 1 amide bonds. The van der Waals surface area contributed by atoms with E-state index in [1.807, 2.05) is 73.5 Å². The number of nitrogens with one attached hydrogen (secondary N) is 1. The van der Waals surface area contributed by atoms with Crippen LogP contribution in [0.25, 0.3) is 0 Å². The van der Waals surface area contributed by atoms with Crippen LogP contribution in [0.4, 0.5) is 11.4 Å². The number of amides is 1. The third-order valence-corrected chi connectivity index (χ3v) is 6.56. The zero-order valence-corrected chi connectivity index (χ0v) is 18.0. The van der Waals surface area contributed by atoms with E-state index in [0.717, 1.165) is 16.8 Å². The second-order valence-corrected chi connectivity index (χ2v) is 9.40. The molecule has 5 nitrogen and oxygen atoms in total. The van der Waals surface area contributed by atoms with Crippen molar-refractivity contribution in [3.05, 3.63) is 90.0 Å². The molecule has 0 aliphatic carbocycles. The first-order valence-electron chi connectivity index (χ1n) is 9.78. The van der Waals surface area contributed by atoms with Crippen molar-refractivity contribution in [2.75, 3.05) is 23.0 Å². The van der Waals surface area contributed by atoms with Gasteiger partial charge in [-0.3, -0.25) is 4.79 Å². The molecule has 3 aromatic rings. The lowest BCUT2D eigenvalue weighted by Gasteiger charge is -2.23. The molecule has 0 radical (unpaired) electrons. The van der Waals surface area contributed by atoms with E-state index in [-0.39, 0.29) is 23.0 Å². The second kappa shape index (κ2) is 9.59. The van der Waals surface area contributed by atoms with Gasteiger partial charge in [0.15, 0.2) is 9.84 Å². The molecule has 0 bridgehead atoms. The molecule has 3 aromatic carbocycles. The number of carbonyl (C=O) groups is 1. The van der Waals surface area contributed by atoms with Gasteiger partial charge in [-0.15, -0.1) is 0 Å². The van der Waals surface area contributed by atoms with Crippen LogP contribution in [-0.2, 0) is 21.2 Å². The number of benzene rings is 3. The highest BCUT2D eigenvalue weighted by molar-refractivity contribution is 7.91. The summed E-state index contributed by atoms with van der Waals surface area (Å²) in [5.41, 5.74) is 3.68. The first kappa shape index (κ1) is 21.6. The smallest absolute Gasteiger partial charge is 0.225 e. The number of hydrogen-bond acceptors (Lipinski definition) is 4. The highest BCUT2D eigenvalue weighted by atomic mass is 32.2. The minimum atomic E-state index is -3.50. The van der Waals surface area contributed by atoms with E-state index in [0.29, 0.717) is 12.2 Å². The van der Waals surface area contributed by atoms with Gasteiger partial charge in [-0.1, -0.05) is 60.2 Å². The van der Waals surface area contributed by atoms with E-state index in [1.54, 1.807) is 24.3 Å². The summed E-state index contributed by atoms with van der Waals surface area (Å²) in [5.74, 6) is -0.560. The molecule has 6 heteroatoms. The van der Waals surface area contributed by atoms with Gasteiger partial charge in [0.05, 0.1) is 22.0 Å². The maximum absolute atomic E-state index is 12.5. The Kier molecular flexibility index (Phi) is 6.90. The summed E-state index contributed by atoms with van der Waals surface area (Å²) in [4.78, 5) is 14.8. The standard InChI is InChI=1S/C24H26N2O3S/c1-19-12-14-21(15-13-19)30(28,29)17-16-24(27)25-22-10-6-7-11-23(22)26(2)18-20-8-4-3-5-9-20/h3-15H,16-18H2,1-2H3,(H,25,27). The molecule has 0 saturated carbocycles. The SMILES string of the molecule is Cc1ccc(S(=O)(=O)CCC(=O)Nc2ccccc2N(C)Cc2ccccc2)cc1. The molecule has 30 heavy (non-hydrogen) atoms. The zero-order valence-electron chi connectivity index (χ0n) is 17.2. The van der Waals surface area contributed by atoms with Gasteiger partial charge in [-0.05, 0) is 36.8 Å². The van der Waals surface area contributed by atoms with E-state index in [1.165, 1.54) is 0 Å². The molecule has 0 fully saturated rings. The lowest BCUT2D eigenvalue weighted by molar-refractivity contribution is -0.115. The van der Waals surface area contributed by atoms with Crippen LogP contribution >= 0.6 is 0 Å². The third-order valence-electron chi connectivity index (χ3n) is 4.83. The Morgan fingerprint density at radius 1 is 0.900 bits per heavy atom. The summed E-state index contributed by atoms with van der Waals surface area (Å²) in [6.45, 7) is 2.59. The van der Waals surface area contributed by atoms with Crippen LogP contribution in [0.5, 0.6) is 0 Å². The van der Waals surface area contributed by atoms with Crippen LogP contribution in [0.1, 0.15) is 17.5 Å². The van der Waals surface area contributed by atoms with Crippen molar-refractivity contribution < 1.29 is 13.2 Å². The quantitative estimate of drug-likeness (QED) is 0.583. The molecule has 3 rings (SSSR count). The number of nitrogens with zero attached hydrogens (tertiary/aromatic N) is 1. The average molecular weight is 423 g/mol. The molecule has 0 heterocycles. The fourth-order valence-corrected chi connectivity index (χ4v) is 4.40. The predicted octanol–water partition coefficient (Wildman–Crippen LogP) is 4.43. The van der Waals surface area contributed by atoms with Crippen LogP contribution in [-0.4, -0.2) is 27.1 Å². The van der Waals surface area contributed by atoms with Crippen LogP contribution in [0.15, 0.2) is 83.8 Å². The van der Waals surface area contributed by atoms with Gasteiger partial charge in [0.1, 0.15) is 0 Å². The van der Waals surface area contributed by atoms with Crippen molar-refractivity contribution in [1.29, 1.82) is 0 Å². The molecule has 0 unspecified atom stereocenters. The molecule has 0 saturated heterocycles. The molecule has 156 valence electrons. The van der Waals surface area contributed by atoms with Gasteiger partial charge in [0.2, 0.25) is 5.91 Å². The predicted molar refractivity (Wildman–Crippen MR) is 121 cm³/mol. The second-order valence-electron chi connectivity index (χ2n) is 7.29. The van der Waals surface area contributed by atoms with Crippen LogP contribution in [0.2, 0.25) is 0 Å². The minimum Gasteiger partial charge on any atom is -0.369 e. The maximum Gasteiger partial charge on any atom is 0.225 e. The van der Waals surface area contributed by atoms with Crippen LogP contribution in [0.3, 0.4) is 0 Å². The number of hydrogen-bond donors (Lipinski definition) is 1. The van der Waals surface area contributed by atoms with E-state index in [9.17, 15) is 13.2 Å². The topological polar surface area (TPSA) is 66.5 Å². The summed E-state index contributed by atoms with van der Waals surface area (Å²) >= 11 is 0. The molecular formula is C24H26N2O3S. The van der Waals surface area contributed by atoms with Gasteiger partial charge in [0.25, 0.3) is 0 Å². The van der Waals surface area contributed by atoms with Crippen LogP contribution < -0.4 is 10.2 Å². The fraction of sp³-hybridized carbons (Fsp3) is 0.208. The van der Waals surface area contributed by atoms with Crippen LogP contribution in [0, 0.1) is 6.92 Å². The van der Waals surface area contributed by atoms with Gasteiger partial charge in [-0.2, -0.15) is 0 Å². The lowest BCUT2D eigenvalue weighted by atomic mass is 10.2. The zero-order chi connectivity index (χ0) is 21.6. The van der Waals surface area contributed by atoms with Crippen molar-refractivity contribution >= 4 is 27.1 Å². The molecule has 0 aromatic heterocycles. The third kappa shape index (κ3) is 5.70. The van der Waals surface area contributed by atoms with Gasteiger partial charge in [-0.25, -0.2) is 8.42 Å². The molecule has 0 aliphatic rings. The van der Waals surface area contributed by atoms with E-state index < -0.39 is 9.84 Å². The Bertz CT molecular complexity index is 1090. The monoisotopic (exact) mass is 422 g/mol. The van der Waals surface area contributed by atoms with Gasteiger partial charge in [0, 0.05) is 20.0 Å². The molecule has 0 aliphatic heterocycles. The highest BCUT2D eigenvalue weighted by Gasteiger charge is 2.17. The number of rotatable bonds is 8. The van der Waals surface area contributed by atoms with Crippen molar-refractivity contribution in [1.82, 2.24) is 0 Å². The Morgan fingerprint density at radius 2 is 1.53 bits per heavy atom. The van der Waals surface area contributed by atoms with Gasteiger partial charge >= 0.3 is 0 Å². The van der Waals surface area contributed by atoms with Crippen molar-refractivity contribution in [2.45, 2.75) is 24.8 Å². The van der Waals surface area contributed by atoms with E-state index in [4.69, 9.17) is 0 Å². The molecule has 0 atom stereocenters. The molecular weight excluding hydrogens is 396 g/mol. The van der Waals surface area contributed by atoms with Crippen molar-refractivity contribution in [3.63, 3.8) is 0 Å². The molecule has 1 N–H and O–H groups in total. The van der Waals surface area contributed by atoms with E-state index in [2.05, 4.69) is 5.32 Å². The Balaban J connectivity index is 1.65. The average Bonchev–Trinajstić information content (AvgIpc) is 2.74. The molecule has 0 spiro atoms. The lowest BCUT2D eigenvalue weighted by Crippen LogP contribution is -2.21. The summed E-state index contributed by atoms with van der Waals surface area (Å²) < 4.78 is 25.0. The minimum absolute atomic E-state index is 0.104. The Morgan fingerprint density at radius 3 is 2.23 bits per heavy atom. The van der Waals surface area contributed by atoms with Gasteiger partial charge < -0.3 is 10.2 Å². The number of aryl methyl sites for hydroxylation is 1.